The van der Waals surface area contributed by atoms with Crippen LogP contribution in [-0.4, -0.2) is 22.2 Å². The van der Waals surface area contributed by atoms with Gasteiger partial charge in [-0.15, -0.1) is 0 Å². The van der Waals surface area contributed by atoms with Crippen LogP contribution in [-0.2, 0) is 0 Å². The van der Waals surface area contributed by atoms with E-state index >= 15 is 0 Å². The summed E-state index contributed by atoms with van der Waals surface area (Å²) in [5, 5.41) is 22.3. The first-order chi connectivity index (χ1) is 8.26. The van der Waals surface area contributed by atoms with Crippen LogP contribution in [0.1, 0.15) is 20.3 Å². The van der Waals surface area contributed by atoms with Gasteiger partial charge in [0.2, 0.25) is 0 Å². The van der Waals surface area contributed by atoms with Gasteiger partial charge in [-0.2, -0.15) is 0 Å². The lowest BCUT2D eigenvalue weighted by Crippen LogP contribution is -2.32. The molecule has 0 bridgehead atoms. The fourth-order valence-corrected chi connectivity index (χ4v) is 1.65. The number of anilines is 1. The lowest BCUT2D eigenvalue weighted by molar-refractivity contribution is -0.384. The topological polar surface area (TPSA) is 75.4 Å². The number of nitrogens with zero attached hydrogens (tertiary/aromatic N) is 1. The Hall–Kier alpha value is -1.40. The van der Waals surface area contributed by atoms with Gasteiger partial charge in [-0.3, -0.25) is 10.1 Å². The number of nitro groups is 1. The molecule has 1 rings (SSSR count). The summed E-state index contributed by atoms with van der Waals surface area (Å²) < 4.78 is 13.3. The van der Waals surface area contributed by atoms with E-state index in [1.54, 1.807) is 13.8 Å². The highest BCUT2D eigenvalue weighted by atomic mass is 35.5. The first kappa shape index (κ1) is 14.7. The zero-order valence-corrected chi connectivity index (χ0v) is 10.8. The molecule has 0 aliphatic heterocycles. The fraction of sp³-hybridized carbons (Fsp3) is 0.455. The summed E-state index contributed by atoms with van der Waals surface area (Å²) in [4.78, 5) is 10.2. The SMILES string of the molecule is CC(C)(CCO)Nc1cc(F)c(Cl)cc1[N+](=O)[O-]. The molecule has 0 saturated carbocycles. The maximum absolute atomic E-state index is 13.3. The van der Waals surface area contributed by atoms with Gasteiger partial charge in [0, 0.05) is 24.3 Å². The number of benzene rings is 1. The van der Waals surface area contributed by atoms with Crippen molar-refractivity contribution in [3.05, 3.63) is 33.1 Å². The lowest BCUT2D eigenvalue weighted by atomic mass is 10.0. The molecule has 0 aromatic heterocycles. The van der Waals surface area contributed by atoms with E-state index in [0.717, 1.165) is 12.1 Å². The lowest BCUT2D eigenvalue weighted by Gasteiger charge is -2.26. The number of rotatable bonds is 5. The predicted molar refractivity (Wildman–Crippen MR) is 67.5 cm³/mol. The van der Waals surface area contributed by atoms with Crippen molar-refractivity contribution in [2.45, 2.75) is 25.8 Å². The van der Waals surface area contributed by atoms with Crippen LogP contribution >= 0.6 is 11.6 Å². The minimum atomic E-state index is -0.732. The predicted octanol–water partition coefficient (Wildman–Crippen LogP) is 2.96. The standard InChI is InChI=1S/C11H14ClFN2O3/c1-11(2,3-4-16)14-9-6-8(13)7(12)5-10(9)15(17)18/h5-6,14,16H,3-4H2,1-2H3. The molecular weight excluding hydrogens is 263 g/mol. The molecule has 2 N–H and O–H groups in total. The molecule has 18 heavy (non-hydrogen) atoms. The second-order valence-electron chi connectivity index (χ2n) is 4.52. The van der Waals surface area contributed by atoms with Gasteiger partial charge < -0.3 is 10.4 Å². The molecule has 0 saturated heterocycles. The maximum atomic E-state index is 13.3. The van der Waals surface area contributed by atoms with Gasteiger partial charge in [-0.25, -0.2) is 4.39 Å². The maximum Gasteiger partial charge on any atom is 0.294 e. The Morgan fingerprint density at radius 2 is 2.17 bits per heavy atom. The van der Waals surface area contributed by atoms with Crippen LogP contribution in [0.4, 0.5) is 15.8 Å². The van der Waals surface area contributed by atoms with Gasteiger partial charge in [0.05, 0.1) is 9.95 Å². The van der Waals surface area contributed by atoms with Gasteiger partial charge in [-0.05, 0) is 20.3 Å². The summed E-state index contributed by atoms with van der Waals surface area (Å²) in [7, 11) is 0. The second-order valence-corrected chi connectivity index (χ2v) is 4.93. The molecule has 1 aromatic carbocycles. The molecule has 7 heteroatoms. The number of hydrogen-bond donors (Lipinski definition) is 2. The monoisotopic (exact) mass is 276 g/mol. The smallest absolute Gasteiger partial charge is 0.294 e. The van der Waals surface area contributed by atoms with Crippen molar-refractivity contribution in [2.24, 2.45) is 0 Å². The molecule has 0 spiro atoms. The van der Waals surface area contributed by atoms with Gasteiger partial charge >= 0.3 is 0 Å². The van der Waals surface area contributed by atoms with Crippen LogP contribution in [0.2, 0.25) is 5.02 Å². The Labute approximate surface area is 109 Å². The zero-order chi connectivity index (χ0) is 13.9. The van der Waals surface area contributed by atoms with E-state index in [2.05, 4.69) is 5.32 Å². The average molecular weight is 277 g/mol. The molecule has 5 nitrogen and oxygen atoms in total. The molecule has 0 heterocycles. The zero-order valence-electron chi connectivity index (χ0n) is 10.0. The van der Waals surface area contributed by atoms with E-state index in [-0.39, 0.29) is 23.0 Å². The molecule has 1 aromatic rings. The van der Waals surface area contributed by atoms with Gasteiger partial charge in [0.1, 0.15) is 11.5 Å². The highest BCUT2D eigenvalue weighted by Crippen LogP contribution is 2.32. The Bertz CT molecular complexity index is 466. The van der Waals surface area contributed by atoms with Crippen LogP contribution < -0.4 is 5.32 Å². The first-order valence-electron chi connectivity index (χ1n) is 5.29. The third kappa shape index (κ3) is 3.54. The average Bonchev–Trinajstić information content (AvgIpc) is 2.22. The third-order valence-corrected chi connectivity index (χ3v) is 2.73. The van der Waals surface area contributed by atoms with Crippen LogP contribution in [0.5, 0.6) is 0 Å². The largest absolute Gasteiger partial charge is 0.396 e. The van der Waals surface area contributed by atoms with Gasteiger partial charge in [-0.1, -0.05) is 11.6 Å². The van der Waals surface area contributed by atoms with Crippen molar-refractivity contribution in [3.8, 4) is 0 Å². The minimum absolute atomic E-state index is 0.0420. The Balaban J connectivity index is 3.15. The number of aliphatic hydroxyl groups is 1. The summed E-state index contributed by atoms with van der Waals surface area (Å²) >= 11 is 5.52. The number of halogens is 2. The fourth-order valence-electron chi connectivity index (χ4n) is 1.49. The normalized spacial score (nSPS) is 11.4. The van der Waals surface area contributed by atoms with E-state index < -0.39 is 16.3 Å². The highest BCUT2D eigenvalue weighted by Gasteiger charge is 2.24. The molecule has 0 fully saturated rings. The van der Waals surface area contributed by atoms with Crippen molar-refractivity contribution >= 4 is 23.0 Å². The van der Waals surface area contributed by atoms with E-state index in [0.29, 0.717) is 6.42 Å². The van der Waals surface area contributed by atoms with Crippen molar-refractivity contribution < 1.29 is 14.4 Å². The summed E-state index contributed by atoms with van der Waals surface area (Å²) in [6, 6.07) is 1.95. The molecule has 0 radical (unpaired) electrons. The Morgan fingerprint density at radius 3 is 2.67 bits per heavy atom. The molecule has 0 aliphatic rings. The molecule has 0 unspecified atom stereocenters. The van der Waals surface area contributed by atoms with Crippen molar-refractivity contribution in [2.75, 3.05) is 11.9 Å². The van der Waals surface area contributed by atoms with Crippen LogP contribution in [0, 0.1) is 15.9 Å². The second kappa shape index (κ2) is 5.49. The van der Waals surface area contributed by atoms with Crippen LogP contribution in [0.25, 0.3) is 0 Å². The number of hydrogen-bond acceptors (Lipinski definition) is 4. The van der Waals surface area contributed by atoms with Gasteiger partial charge in [0.15, 0.2) is 0 Å². The van der Waals surface area contributed by atoms with E-state index in [1.807, 2.05) is 0 Å². The quantitative estimate of drug-likeness (QED) is 0.640. The number of aliphatic hydroxyl groups excluding tert-OH is 1. The summed E-state index contributed by atoms with van der Waals surface area (Å²) in [5.41, 5.74) is -0.854. The number of nitro benzene ring substituents is 1. The molecule has 0 atom stereocenters. The minimum Gasteiger partial charge on any atom is -0.396 e. The molecule has 100 valence electrons. The third-order valence-electron chi connectivity index (χ3n) is 2.45. The Kier molecular flexibility index (Phi) is 4.48. The molecular formula is C11H14ClFN2O3. The molecule has 0 amide bonds. The molecule has 0 aliphatic carbocycles. The van der Waals surface area contributed by atoms with E-state index in [9.17, 15) is 14.5 Å². The highest BCUT2D eigenvalue weighted by molar-refractivity contribution is 6.31. The van der Waals surface area contributed by atoms with Crippen molar-refractivity contribution in [1.82, 2.24) is 0 Å². The van der Waals surface area contributed by atoms with Crippen molar-refractivity contribution in [3.63, 3.8) is 0 Å². The Morgan fingerprint density at radius 1 is 1.56 bits per heavy atom. The van der Waals surface area contributed by atoms with Crippen LogP contribution in [0.3, 0.4) is 0 Å². The number of nitrogens with one attached hydrogen (secondary N) is 1. The first-order valence-corrected chi connectivity index (χ1v) is 5.67. The van der Waals surface area contributed by atoms with Gasteiger partial charge in [0.25, 0.3) is 5.69 Å². The summed E-state index contributed by atoms with van der Waals surface area (Å²) in [6.07, 6.45) is 0.369. The van der Waals surface area contributed by atoms with E-state index in [1.165, 1.54) is 0 Å². The van der Waals surface area contributed by atoms with Crippen LogP contribution in [0.15, 0.2) is 12.1 Å². The summed E-state index contributed by atoms with van der Waals surface area (Å²) in [5.74, 6) is -0.732. The van der Waals surface area contributed by atoms with E-state index in [4.69, 9.17) is 16.7 Å². The van der Waals surface area contributed by atoms with Crippen molar-refractivity contribution in [1.29, 1.82) is 0 Å². The summed E-state index contributed by atoms with van der Waals surface area (Å²) in [6.45, 7) is 3.42.